The van der Waals surface area contributed by atoms with E-state index in [-0.39, 0.29) is 6.03 Å². The van der Waals surface area contributed by atoms with Gasteiger partial charge in [0, 0.05) is 32.7 Å². The average molecular weight is 240 g/mol. The van der Waals surface area contributed by atoms with Gasteiger partial charge in [-0.2, -0.15) is 0 Å². The predicted molar refractivity (Wildman–Crippen MR) is 63.4 cm³/mol. The summed E-state index contributed by atoms with van der Waals surface area (Å²) in [6.07, 6.45) is 3.29. The number of piperidine rings is 1. The van der Waals surface area contributed by atoms with Crippen LogP contribution >= 0.6 is 0 Å². The van der Waals surface area contributed by atoms with Crippen molar-refractivity contribution in [2.75, 3.05) is 32.7 Å². The summed E-state index contributed by atoms with van der Waals surface area (Å²) in [7, 11) is 0. The fraction of sp³-hybridized carbons (Fsp3) is 0.818. The van der Waals surface area contributed by atoms with Gasteiger partial charge in [-0.1, -0.05) is 0 Å². The predicted octanol–water partition coefficient (Wildman–Crippen LogP) is -0.649. The van der Waals surface area contributed by atoms with Crippen LogP contribution in [0.3, 0.4) is 0 Å². The Bertz CT molecular complexity index is 302. The van der Waals surface area contributed by atoms with Crippen LogP contribution in [0.1, 0.15) is 19.3 Å². The van der Waals surface area contributed by atoms with Crippen LogP contribution in [-0.4, -0.2) is 60.5 Å². The lowest BCUT2D eigenvalue weighted by molar-refractivity contribution is -0.122. The van der Waals surface area contributed by atoms with Crippen molar-refractivity contribution in [3.8, 4) is 0 Å². The Balaban J connectivity index is 2.02. The molecular weight excluding hydrogens is 220 g/mol. The number of carbonyl (C=O) groups excluding carboxylic acids is 2. The third-order valence-electron chi connectivity index (χ3n) is 3.44. The molecule has 1 unspecified atom stereocenters. The number of rotatable bonds is 1. The Morgan fingerprint density at radius 2 is 1.82 bits per heavy atom. The molecule has 2 rings (SSSR count). The molecule has 0 aromatic carbocycles. The molecule has 0 spiro atoms. The first-order valence-electron chi connectivity index (χ1n) is 6.26. The molecule has 17 heavy (non-hydrogen) atoms. The Hall–Kier alpha value is -1.30. The zero-order valence-electron chi connectivity index (χ0n) is 10.0. The van der Waals surface area contributed by atoms with Crippen molar-refractivity contribution >= 4 is 11.9 Å². The van der Waals surface area contributed by atoms with Crippen molar-refractivity contribution in [1.29, 1.82) is 0 Å². The fourth-order valence-corrected chi connectivity index (χ4v) is 2.45. The van der Waals surface area contributed by atoms with Gasteiger partial charge in [0.15, 0.2) is 0 Å². The average Bonchev–Trinajstić information content (AvgIpc) is 2.39. The lowest BCUT2D eigenvalue weighted by Crippen LogP contribution is -2.61. The summed E-state index contributed by atoms with van der Waals surface area (Å²) in [5, 5.41) is 3.09. The number of amides is 3. The minimum atomic E-state index is -0.502. The van der Waals surface area contributed by atoms with Crippen LogP contribution < -0.4 is 11.1 Å². The van der Waals surface area contributed by atoms with Crippen molar-refractivity contribution < 1.29 is 9.59 Å². The Kier molecular flexibility index (Phi) is 3.83. The van der Waals surface area contributed by atoms with Crippen LogP contribution in [0.25, 0.3) is 0 Å². The van der Waals surface area contributed by atoms with Crippen LogP contribution in [0.2, 0.25) is 0 Å². The van der Waals surface area contributed by atoms with E-state index in [4.69, 9.17) is 5.73 Å². The SMILES string of the molecule is NC(=O)C1CNCCN1C(=O)N1CCCCC1. The van der Waals surface area contributed by atoms with Gasteiger partial charge >= 0.3 is 6.03 Å². The lowest BCUT2D eigenvalue weighted by atomic mass is 10.1. The van der Waals surface area contributed by atoms with Gasteiger partial charge in [0.05, 0.1) is 0 Å². The number of carbonyl (C=O) groups is 2. The number of hydrogen-bond acceptors (Lipinski definition) is 3. The molecular formula is C11H20N4O2. The molecule has 6 nitrogen and oxygen atoms in total. The molecule has 2 heterocycles. The van der Waals surface area contributed by atoms with Crippen LogP contribution in [0, 0.1) is 0 Å². The second kappa shape index (κ2) is 5.35. The second-order valence-corrected chi connectivity index (χ2v) is 4.65. The number of piperazine rings is 1. The van der Waals surface area contributed by atoms with E-state index in [0.717, 1.165) is 32.5 Å². The molecule has 2 aliphatic rings. The highest BCUT2D eigenvalue weighted by atomic mass is 16.2. The van der Waals surface area contributed by atoms with E-state index < -0.39 is 11.9 Å². The van der Waals surface area contributed by atoms with Gasteiger partial charge in [-0.05, 0) is 19.3 Å². The van der Waals surface area contributed by atoms with E-state index in [0.29, 0.717) is 13.1 Å². The van der Waals surface area contributed by atoms with E-state index in [9.17, 15) is 9.59 Å². The number of nitrogens with one attached hydrogen (secondary N) is 1. The second-order valence-electron chi connectivity index (χ2n) is 4.65. The Morgan fingerprint density at radius 3 is 2.47 bits per heavy atom. The molecule has 0 bridgehead atoms. The van der Waals surface area contributed by atoms with E-state index in [2.05, 4.69) is 5.32 Å². The molecule has 6 heteroatoms. The fourth-order valence-electron chi connectivity index (χ4n) is 2.45. The number of primary amides is 1. The van der Waals surface area contributed by atoms with Gasteiger partial charge < -0.3 is 20.9 Å². The van der Waals surface area contributed by atoms with Gasteiger partial charge in [0.1, 0.15) is 6.04 Å². The number of urea groups is 1. The summed E-state index contributed by atoms with van der Waals surface area (Å²) in [4.78, 5) is 27.1. The van der Waals surface area contributed by atoms with Crippen molar-refractivity contribution in [2.24, 2.45) is 5.73 Å². The first-order chi connectivity index (χ1) is 8.20. The van der Waals surface area contributed by atoms with Gasteiger partial charge in [0.25, 0.3) is 0 Å². The smallest absolute Gasteiger partial charge is 0.320 e. The molecule has 0 aliphatic carbocycles. The molecule has 96 valence electrons. The topological polar surface area (TPSA) is 78.7 Å². The van der Waals surface area contributed by atoms with Crippen LogP contribution in [0.15, 0.2) is 0 Å². The molecule has 0 aromatic rings. The van der Waals surface area contributed by atoms with Crippen LogP contribution in [0.5, 0.6) is 0 Å². The largest absolute Gasteiger partial charge is 0.368 e. The summed E-state index contributed by atoms with van der Waals surface area (Å²) < 4.78 is 0. The molecule has 0 saturated carbocycles. The van der Waals surface area contributed by atoms with E-state index in [1.165, 1.54) is 6.42 Å². The first-order valence-corrected chi connectivity index (χ1v) is 6.26. The van der Waals surface area contributed by atoms with E-state index in [1.54, 1.807) is 4.90 Å². The normalized spacial score (nSPS) is 25.8. The summed E-state index contributed by atoms with van der Waals surface area (Å²) in [5.74, 6) is -0.428. The number of likely N-dealkylation sites (tertiary alicyclic amines) is 1. The van der Waals surface area contributed by atoms with Crippen molar-refractivity contribution in [3.05, 3.63) is 0 Å². The van der Waals surface area contributed by atoms with Crippen molar-refractivity contribution in [1.82, 2.24) is 15.1 Å². The zero-order chi connectivity index (χ0) is 12.3. The molecule has 2 aliphatic heterocycles. The molecule has 0 aromatic heterocycles. The highest BCUT2D eigenvalue weighted by Gasteiger charge is 2.33. The molecule has 0 radical (unpaired) electrons. The van der Waals surface area contributed by atoms with Gasteiger partial charge in [0.2, 0.25) is 5.91 Å². The molecule has 3 N–H and O–H groups in total. The molecule has 3 amide bonds. The monoisotopic (exact) mass is 240 g/mol. The van der Waals surface area contributed by atoms with Crippen molar-refractivity contribution in [2.45, 2.75) is 25.3 Å². The summed E-state index contributed by atoms with van der Waals surface area (Å²) in [6.45, 7) is 3.35. The van der Waals surface area contributed by atoms with Gasteiger partial charge in [-0.3, -0.25) is 4.79 Å². The number of nitrogens with zero attached hydrogens (tertiary/aromatic N) is 2. The third kappa shape index (κ3) is 2.69. The summed E-state index contributed by atoms with van der Waals surface area (Å²) in [5.41, 5.74) is 5.33. The minimum Gasteiger partial charge on any atom is -0.368 e. The zero-order valence-corrected chi connectivity index (χ0v) is 10.0. The standard InChI is InChI=1S/C11H20N4O2/c12-10(16)9-8-13-4-7-15(9)11(17)14-5-2-1-3-6-14/h9,13H,1-8H2,(H2,12,16). The van der Waals surface area contributed by atoms with Gasteiger partial charge in [-0.15, -0.1) is 0 Å². The quantitative estimate of drug-likeness (QED) is 0.639. The molecule has 1 atom stereocenters. The maximum absolute atomic E-state index is 12.3. The maximum Gasteiger partial charge on any atom is 0.320 e. The van der Waals surface area contributed by atoms with E-state index >= 15 is 0 Å². The maximum atomic E-state index is 12.3. The lowest BCUT2D eigenvalue weighted by Gasteiger charge is -2.38. The minimum absolute atomic E-state index is 0.0324. The summed E-state index contributed by atoms with van der Waals surface area (Å²) in [6, 6.07) is -0.534. The van der Waals surface area contributed by atoms with Crippen molar-refractivity contribution in [3.63, 3.8) is 0 Å². The first kappa shape index (κ1) is 12.2. The molecule has 2 saturated heterocycles. The van der Waals surface area contributed by atoms with Crippen LogP contribution in [-0.2, 0) is 4.79 Å². The highest BCUT2D eigenvalue weighted by Crippen LogP contribution is 2.13. The van der Waals surface area contributed by atoms with Gasteiger partial charge in [-0.25, -0.2) is 4.79 Å². The third-order valence-corrected chi connectivity index (χ3v) is 3.44. The highest BCUT2D eigenvalue weighted by molar-refractivity contribution is 5.86. The number of nitrogens with two attached hydrogens (primary N) is 1. The Morgan fingerprint density at radius 1 is 1.12 bits per heavy atom. The van der Waals surface area contributed by atoms with E-state index in [1.807, 2.05) is 4.90 Å². The molecule has 2 fully saturated rings. The summed E-state index contributed by atoms with van der Waals surface area (Å²) >= 11 is 0. The van der Waals surface area contributed by atoms with Crippen LogP contribution in [0.4, 0.5) is 4.79 Å². The number of hydrogen-bond donors (Lipinski definition) is 2. The Labute approximate surface area is 101 Å².